The SMILES string of the molecule is CC(C)(C)C.CC(C)(C)C(=O)O.CC(C)(C)C(F)(F)F.CC(C)(C)Cl.CC(C)(C)N.CC(C)(C)N(O)O.CC(C)(C)O.CC(C)(C)c1ccccc1.CCC(C)(C)C.CNC(C)(C)C.COC(C)(C)C. The molecule has 0 saturated carbocycles. The van der Waals surface area contributed by atoms with Crippen LogP contribution in [0, 0.1) is 21.7 Å². The average molecular weight is 1040 g/mol. The van der Waals surface area contributed by atoms with E-state index in [1.165, 1.54) is 12.0 Å². The number of nitrogens with one attached hydrogen (secondary N) is 1. The molecule has 0 aliphatic carbocycles. The molecule has 0 radical (unpaired) electrons. The maximum Gasteiger partial charge on any atom is 0.393 e. The molecule has 0 aliphatic heterocycles. The largest absolute Gasteiger partial charge is 0.481 e. The second-order valence-corrected chi connectivity index (χ2v) is 29.8. The van der Waals surface area contributed by atoms with Crippen molar-refractivity contribution in [3.63, 3.8) is 0 Å². The van der Waals surface area contributed by atoms with E-state index in [1.54, 1.807) is 69.4 Å². The highest BCUT2D eigenvalue weighted by Gasteiger charge is 2.43. The highest BCUT2D eigenvalue weighted by molar-refractivity contribution is 6.23. The molecule has 0 amide bonds. The lowest BCUT2D eigenvalue weighted by Crippen LogP contribution is -2.35. The summed E-state index contributed by atoms with van der Waals surface area (Å²) in [5.74, 6) is -0.757. The van der Waals surface area contributed by atoms with Gasteiger partial charge >= 0.3 is 12.1 Å². The van der Waals surface area contributed by atoms with Gasteiger partial charge in [-0.2, -0.15) is 13.2 Å². The number of alkyl halides is 4. The van der Waals surface area contributed by atoms with Gasteiger partial charge in [0.1, 0.15) is 0 Å². The van der Waals surface area contributed by atoms with E-state index in [0.717, 1.165) is 20.8 Å². The fourth-order valence-electron chi connectivity index (χ4n) is 0.938. The summed E-state index contributed by atoms with van der Waals surface area (Å²) in [6.45, 7) is 67.3. The molecule has 0 heterocycles. The van der Waals surface area contributed by atoms with Crippen molar-refractivity contribution >= 4 is 17.6 Å². The Balaban J connectivity index is -0.0000000713. The Morgan fingerprint density at radius 2 is 0.800 bits per heavy atom. The number of carboxylic acid groups (broad SMARTS) is 1. The number of ether oxygens (including phenoxy) is 1. The van der Waals surface area contributed by atoms with Crippen LogP contribution in [0.4, 0.5) is 13.2 Å². The number of benzene rings is 1. The molecular formula is C57H125ClF3N3O6. The Labute approximate surface area is 440 Å². The standard InChI is InChI=1S/C10H14.C6H14.C5H9F3.C5H13N.C5H10O2.C5H12O.C5H12.C4H9Cl.C4H11NO2.C4H11N.C4H10O/c1-10(2,3)9-7-5-4-6-8-9;1-5-6(2,3)4;1-4(2,3)5(6,7)8;1-5(2,3)6-4;1-5(2,3)4(6)7;1-5(2,3)6-4;1-5(2,3)4;1-4(2,3)5;1-4(2,3)5(6)7;2*1-4(2,3)5/h4-8H,1-3H3;5H2,1-4H3;1-3H3;6H,1-4H3;1-3H3,(H,6,7);1-4H3;1-4H3;1-3H3;6-7H,1-3H3;5H2,1-3H3;5H,1-3H3. The Kier molecular flexibility index (Phi) is 50.8. The van der Waals surface area contributed by atoms with Gasteiger partial charge in [0, 0.05) is 23.1 Å². The van der Waals surface area contributed by atoms with Crippen molar-refractivity contribution in [1.82, 2.24) is 10.5 Å². The molecule has 0 aromatic heterocycles. The van der Waals surface area contributed by atoms with Gasteiger partial charge in [-0.1, -0.05) is 139 Å². The summed E-state index contributed by atoms with van der Waals surface area (Å²) in [6, 6.07) is 10.6. The van der Waals surface area contributed by atoms with Crippen molar-refractivity contribution in [2.45, 2.75) is 293 Å². The van der Waals surface area contributed by atoms with Crippen LogP contribution in [0.1, 0.15) is 254 Å². The Bertz CT molecular complexity index is 1180. The third kappa shape index (κ3) is 158. The van der Waals surface area contributed by atoms with E-state index < -0.39 is 34.1 Å². The number of aliphatic carboxylic acids is 1. The highest BCUT2D eigenvalue weighted by atomic mass is 35.5. The number of halogens is 4. The normalized spacial score (nSPS) is 12.2. The topological polar surface area (TPSA) is 149 Å². The van der Waals surface area contributed by atoms with Gasteiger partial charge in [-0.3, -0.25) is 15.2 Å². The van der Waals surface area contributed by atoms with Crippen LogP contribution in [-0.4, -0.2) is 84.9 Å². The number of hydroxylamine groups is 2. The van der Waals surface area contributed by atoms with Crippen molar-refractivity contribution < 1.29 is 43.3 Å². The first kappa shape index (κ1) is 91.2. The second kappa shape index (κ2) is 39.0. The molecule has 1 aromatic rings. The number of nitrogens with two attached hydrogens (primary N) is 1. The van der Waals surface area contributed by atoms with Crippen LogP contribution in [0.15, 0.2) is 30.3 Å². The maximum absolute atomic E-state index is 11.6. The molecular weight excluding hydrogens is 915 g/mol. The summed E-state index contributed by atoms with van der Waals surface area (Å²) < 4.78 is 39.6. The van der Waals surface area contributed by atoms with E-state index in [0.29, 0.717) is 21.8 Å². The summed E-state index contributed by atoms with van der Waals surface area (Å²) in [6.07, 6.45) is -2.79. The van der Waals surface area contributed by atoms with Gasteiger partial charge < -0.3 is 26.0 Å². The number of hydrogen-bond acceptors (Lipinski definition) is 8. The Morgan fingerprint density at radius 1 is 0.643 bits per heavy atom. The molecule has 13 heteroatoms. The number of nitrogens with zero attached hydrogens (tertiary/aromatic N) is 1. The second-order valence-electron chi connectivity index (χ2n) is 28.7. The lowest BCUT2D eigenvalue weighted by molar-refractivity contribution is -0.352. The lowest BCUT2D eigenvalue weighted by Gasteiger charge is -2.21. The molecule has 0 atom stereocenters. The summed E-state index contributed by atoms with van der Waals surface area (Å²) in [4.78, 5) is 9.99. The van der Waals surface area contributed by atoms with Crippen molar-refractivity contribution in [2.75, 3.05) is 14.2 Å². The van der Waals surface area contributed by atoms with Gasteiger partial charge in [-0.15, -0.1) is 11.6 Å². The number of aliphatic hydroxyl groups is 1. The summed E-state index contributed by atoms with van der Waals surface area (Å²) in [5.41, 5.74) is 5.22. The molecule has 70 heavy (non-hydrogen) atoms. The van der Waals surface area contributed by atoms with Crippen molar-refractivity contribution in [3.8, 4) is 0 Å². The molecule has 7 N–H and O–H groups in total. The summed E-state index contributed by atoms with van der Waals surface area (Å²) in [7, 11) is 3.67. The van der Waals surface area contributed by atoms with Gasteiger partial charge in [-0.05, 0) is 174 Å². The summed E-state index contributed by atoms with van der Waals surface area (Å²) >= 11 is 5.53. The maximum atomic E-state index is 11.6. The number of hydrogen-bond donors (Lipinski definition) is 6. The van der Waals surface area contributed by atoms with E-state index in [9.17, 15) is 18.0 Å². The predicted molar refractivity (Wildman–Crippen MR) is 305 cm³/mol. The molecule has 0 fully saturated rings. The van der Waals surface area contributed by atoms with Crippen LogP contribution in [0.2, 0.25) is 0 Å². The van der Waals surface area contributed by atoms with Gasteiger partial charge in [-0.25, -0.2) is 0 Å². The quantitative estimate of drug-likeness (QED) is 0.110. The average Bonchev–Trinajstić information content (AvgIpc) is 3.01. The van der Waals surface area contributed by atoms with Gasteiger partial charge in [0.05, 0.1) is 27.6 Å². The van der Waals surface area contributed by atoms with Crippen molar-refractivity contribution in [2.24, 2.45) is 27.4 Å². The van der Waals surface area contributed by atoms with Crippen LogP contribution < -0.4 is 11.1 Å². The van der Waals surface area contributed by atoms with Crippen LogP contribution in [-0.2, 0) is 14.9 Å². The third-order valence-corrected chi connectivity index (χ3v) is 6.15. The van der Waals surface area contributed by atoms with E-state index in [-0.39, 0.29) is 21.2 Å². The number of carboxylic acids is 1. The first-order valence-corrected chi connectivity index (χ1v) is 24.8. The molecule has 0 unspecified atom stereocenters. The molecule has 0 saturated heterocycles. The smallest absolute Gasteiger partial charge is 0.393 e. The van der Waals surface area contributed by atoms with Crippen LogP contribution in [0.25, 0.3) is 0 Å². The minimum absolute atomic E-state index is 0. The minimum atomic E-state index is -4.06. The molecule has 432 valence electrons. The van der Waals surface area contributed by atoms with Crippen molar-refractivity contribution in [3.05, 3.63) is 35.9 Å². The molecule has 1 aromatic carbocycles. The number of methoxy groups -OCH3 is 1. The van der Waals surface area contributed by atoms with Crippen LogP contribution in [0.5, 0.6) is 0 Å². The van der Waals surface area contributed by atoms with Crippen molar-refractivity contribution in [1.29, 1.82) is 0 Å². The Morgan fingerprint density at radius 3 is 0.843 bits per heavy atom. The molecule has 0 aliphatic rings. The van der Waals surface area contributed by atoms with E-state index >= 15 is 0 Å². The summed E-state index contributed by atoms with van der Waals surface area (Å²) in [5, 5.41) is 36.6. The zero-order valence-electron chi connectivity index (χ0n) is 53.2. The highest BCUT2D eigenvalue weighted by Crippen LogP contribution is 2.36. The zero-order chi connectivity index (χ0) is 60.4. The fraction of sp³-hybridized carbons (Fsp3) is 0.877. The third-order valence-electron chi connectivity index (χ3n) is 6.15. The molecule has 9 nitrogen and oxygen atoms in total. The molecule has 0 spiro atoms. The first-order chi connectivity index (χ1) is 29.4. The monoisotopic (exact) mass is 1040 g/mol. The first-order valence-electron chi connectivity index (χ1n) is 24.4. The van der Waals surface area contributed by atoms with Crippen LogP contribution >= 0.6 is 11.6 Å². The van der Waals surface area contributed by atoms with E-state index in [2.05, 4.69) is 133 Å². The predicted octanol–water partition coefficient (Wildman–Crippen LogP) is 18.0. The van der Waals surface area contributed by atoms with Gasteiger partial charge in [0.15, 0.2) is 0 Å². The van der Waals surface area contributed by atoms with Crippen LogP contribution in [0.3, 0.4) is 0 Å². The molecule has 0 bridgehead atoms. The molecule has 1 rings (SSSR count). The number of rotatable bonds is 0. The van der Waals surface area contributed by atoms with E-state index in [4.69, 9.17) is 42.7 Å². The van der Waals surface area contributed by atoms with E-state index in [1.807, 2.05) is 69.4 Å². The minimum Gasteiger partial charge on any atom is -0.481 e. The fourth-order valence-corrected chi connectivity index (χ4v) is 0.938. The van der Waals surface area contributed by atoms with Gasteiger partial charge in [0.25, 0.3) is 0 Å². The van der Waals surface area contributed by atoms with Gasteiger partial charge in [0.2, 0.25) is 0 Å². The zero-order valence-corrected chi connectivity index (χ0v) is 54.0. The lowest BCUT2D eigenvalue weighted by atomic mass is 9.87. The Hall–Kier alpha value is -1.51. The number of carbonyl (C=O) groups is 1.